The van der Waals surface area contributed by atoms with Gasteiger partial charge in [0.05, 0.1) is 18.9 Å². The van der Waals surface area contributed by atoms with Crippen LogP contribution in [0.4, 0.5) is 5.82 Å². The van der Waals surface area contributed by atoms with Crippen LogP contribution in [0.15, 0.2) is 6.07 Å². The molecule has 0 saturated heterocycles. The quantitative estimate of drug-likeness (QED) is 0.935. The molecule has 0 unspecified atom stereocenters. The van der Waals surface area contributed by atoms with Crippen LogP contribution < -0.4 is 5.32 Å². The highest BCUT2D eigenvalue weighted by Gasteiger charge is 2.20. The SMILES string of the molecule is CCCNc1nc(-c2cc(C)sc2C)nc2c1COCC2. The summed E-state index contributed by atoms with van der Waals surface area (Å²) < 4.78 is 5.57. The van der Waals surface area contributed by atoms with E-state index in [4.69, 9.17) is 14.7 Å². The van der Waals surface area contributed by atoms with Crippen LogP contribution in [0, 0.1) is 13.8 Å². The molecule has 0 spiro atoms. The second-order valence-corrected chi connectivity index (χ2v) is 6.84. The summed E-state index contributed by atoms with van der Waals surface area (Å²) in [5.41, 5.74) is 3.42. The van der Waals surface area contributed by atoms with E-state index in [1.54, 1.807) is 11.3 Å². The lowest BCUT2D eigenvalue weighted by molar-refractivity contribution is 0.109. The molecule has 0 amide bonds. The number of nitrogens with zero attached hydrogens (tertiary/aromatic N) is 2. The van der Waals surface area contributed by atoms with Crippen LogP contribution in [0.3, 0.4) is 0 Å². The molecule has 1 aliphatic heterocycles. The molecule has 0 fully saturated rings. The van der Waals surface area contributed by atoms with Crippen LogP contribution >= 0.6 is 11.3 Å². The van der Waals surface area contributed by atoms with Gasteiger partial charge in [0.15, 0.2) is 5.82 Å². The second-order valence-electron chi connectivity index (χ2n) is 5.38. The van der Waals surface area contributed by atoms with Crippen molar-refractivity contribution in [1.82, 2.24) is 9.97 Å². The fourth-order valence-electron chi connectivity index (χ4n) is 2.59. The number of rotatable bonds is 4. The Hall–Kier alpha value is -1.46. The van der Waals surface area contributed by atoms with Crippen LogP contribution in [0.2, 0.25) is 0 Å². The van der Waals surface area contributed by atoms with E-state index in [2.05, 4.69) is 32.2 Å². The Morgan fingerprint density at radius 1 is 1.33 bits per heavy atom. The Morgan fingerprint density at radius 2 is 2.19 bits per heavy atom. The lowest BCUT2D eigenvalue weighted by atomic mass is 10.1. The molecule has 0 aromatic carbocycles. The number of aromatic nitrogens is 2. The maximum Gasteiger partial charge on any atom is 0.162 e. The van der Waals surface area contributed by atoms with Crippen molar-refractivity contribution in [2.24, 2.45) is 0 Å². The van der Waals surface area contributed by atoms with Gasteiger partial charge in [-0.05, 0) is 26.3 Å². The minimum absolute atomic E-state index is 0.614. The number of ether oxygens (including phenoxy) is 1. The van der Waals surface area contributed by atoms with Gasteiger partial charge in [0, 0.05) is 33.8 Å². The van der Waals surface area contributed by atoms with E-state index in [-0.39, 0.29) is 0 Å². The maximum atomic E-state index is 5.57. The lowest BCUT2D eigenvalue weighted by Gasteiger charge is -2.20. The monoisotopic (exact) mass is 303 g/mol. The van der Waals surface area contributed by atoms with Crippen molar-refractivity contribution in [3.05, 3.63) is 27.1 Å². The average Bonchev–Trinajstić information content (AvgIpc) is 2.83. The fraction of sp³-hybridized carbons (Fsp3) is 0.500. The molecule has 4 nitrogen and oxygen atoms in total. The number of hydrogen-bond acceptors (Lipinski definition) is 5. The molecule has 0 bridgehead atoms. The Morgan fingerprint density at radius 3 is 2.90 bits per heavy atom. The highest BCUT2D eigenvalue weighted by molar-refractivity contribution is 7.12. The number of fused-ring (bicyclic) bond motifs is 1. The van der Waals surface area contributed by atoms with E-state index in [1.807, 2.05) is 0 Å². The fourth-order valence-corrected chi connectivity index (χ4v) is 3.51. The maximum absolute atomic E-state index is 5.57. The predicted molar refractivity (Wildman–Crippen MR) is 87.0 cm³/mol. The Bertz CT molecular complexity index is 651. The molecular weight excluding hydrogens is 282 g/mol. The highest BCUT2D eigenvalue weighted by Crippen LogP contribution is 2.31. The van der Waals surface area contributed by atoms with Crippen molar-refractivity contribution in [1.29, 1.82) is 0 Å². The number of hydrogen-bond donors (Lipinski definition) is 1. The third kappa shape index (κ3) is 2.94. The van der Waals surface area contributed by atoms with Gasteiger partial charge in [-0.2, -0.15) is 0 Å². The first kappa shape index (κ1) is 14.5. The highest BCUT2D eigenvalue weighted by atomic mass is 32.1. The van der Waals surface area contributed by atoms with Gasteiger partial charge in [0.25, 0.3) is 0 Å². The minimum atomic E-state index is 0.614. The van der Waals surface area contributed by atoms with Gasteiger partial charge in [0.2, 0.25) is 0 Å². The van der Waals surface area contributed by atoms with E-state index >= 15 is 0 Å². The van der Waals surface area contributed by atoms with Crippen LogP contribution in [0.5, 0.6) is 0 Å². The molecule has 2 aromatic rings. The summed E-state index contributed by atoms with van der Waals surface area (Å²) >= 11 is 1.80. The average molecular weight is 303 g/mol. The van der Waals surface area contributed by atoms with Gasteiger partial charge in [-0.1, -0.05) is 6.92 Å². The zero-order chi connectivity index (χ0) is 14.8. The van der Waals surface area contributed by atoms with Crippen molar-refractivity contribution in [2.75, 3.05) is 18.5 Å². The first-order chi connectivity index (χ1) is 10.2. The summed E-state index contributed by atoms with van der Waals surface area (Å²) in [7, 11) is 0. The van der Waals surface area contributed by atoms with Crippen molar-refractivity contribution in [3.8, 4) is 11.4 Å². The van der Waals surface area contributed by atoms with Crippen molar-refractivity contribution in [3.63, 3.8) is 0 Å². The smallest absolute Gasteiger partial charge is 0.162 e. The molecule has 3 rings (SSSR count). The number of aryl methyl sites for hydroxylation is 2. The largest absolute Gasteiger partial charge is 0.376 e. The molecule has 2 aromatic heterocycles. The van der Waals surface area contributed by atoms with E-state index in [0.29, 0.717) is 6.61 Å². The number of thiophene rings is 1. The van der Waals surface area contributed by atoms with Crippen LogP contribution in [0.25, 0.3) is 11.4 Å². The number of anilines is 1. The van der Waals surface area contributed by atoms with Crippen molar-refractivity contribution < 1.29 is 4.74 Å². The standard InChI is InChI=1S/C16H21N3OS/c1-4-6-17-15-13-9-20-7-5-14(13)18-16(19-15)12-8-10(2)21-11(12)3/h8H,4-7,9H2,1-3H3,(H,17,18,19). The first-order valence-electron chi connectivity index (χ1n) is 7.48. The van der Waals surface area contributed by atoms with Gasteiger partial charge in [-0.3, -0.25) is 0 Å². The predicted octanol–water partition coefficient (Wildman–Crippen LogP) is 3.72. The second kappa shape index (κ2) is 6.12. The van der Waals surface area contributed by atoms with E-state index < -0.39 is 0 Å². The summed E-state index contributed by atoms with van der Waals surface area (Å²) in [4.78, 5) is 12.2. The van der Waals surface area contributed by atoms with Crippen LogP contribution in [0.1, 0.15) is 34.4 Å². The van der Waals surface area contributed by atoms with Crippen molar-refractivity contribution in [2.45, 2.75) is 40.2 Å². The zero-order valence-electron chi connectivity index (χ0n) is 12.8. The third-order valence-electron chi connectivity index (χ3n) is 3.65. The Kier molecular flexibility index (Phi) is 4.22. The summed E-state index contributed by atoms with van der Waals surface area (Å²) in [6.07, 6.45) is 1.94. The van der Waals surface area contributed by atoms with Gasteiger partial charge >= 0.3 is 0 Å². The zero-order valence-corrected chi connectivity index (χ0v) is 13.6. The van der Waals surface area contributed by atoms with E-state index in [1.165, 1.54) is 9.75 Å². The molecule has 1 N–H and O–H groups in total. The summed E-state index contributed by atoms with van der Waals surface area (Å²) in [5, 5.41) is 3.43. The normalized spacial score (nSPS) is 14.0. The first-order valence-corrected chi connectivity index (χ1v) is 8.29. The molecule has 0 radical (unpaired) electrons. The molecule has 0 aliphatic carbocycles. The van der Waals surface area contributed by atoms with Gasteiger partial charge in [-0.25, -0.2) is 9.97 Å². The minimum Gasteiger partial charge on any atom is -0.376 e. The van der Waals surface area contributed by atoms with Gasteiger partial charge in [0.1, 0.15) is 5.82 Å². The molecule has 0 saturated carbocycles. The molecule has 21 heavy (non-hydrogen) atoms. The molecule has 3 heterocycles. The Balaban J connectivity index is 2.07. The summed E-state index contributed by atoms with van der Waals surface area (Å²) in [6.45, 7) is 8.71. The van der Waals surface area contributed by atoms with Gasteiger partial charge < -0.3 is 10.1 Å². The molecule has 112 valence electrons. The molecule has 5 heteroatoms. The molecule has 0 atom stereocenters. The topological polar surface area (TPSA) is 47.0 Å². The lowest BCUT2D eigenvalue weighted by Crippen LogP contribution is -2.17. The summed E-state index contributed by atoms with van der Waals surface area (Å²) in [6, 6.07) is 2.19. The van der Waals surface area contributed by atoms with Crippen LogP contribution in [-0.4, -0.2) is 23.1 Å². The Labute approximate surface area is 129 Å². The molecule has 1 aliphatic rings. The third-order valence-corrected chi connectivity index (χ3v) is 4.61. The van der Waals surface area contributed by atoms with E-state index in [9.17, 15) is 0 Å². The van der Waals surface area contributed by atoms with Crippen LogP contribution in [-0.2, 0) is 17.8 Å². The number of nitrogens with one attached hydrogen (secondary N) is 1. The van der Waals surface area contributed by atoms with Gasteiger partial charge in [-0.15, -0.1) is 11.3 Å². The summed E-state index contributed by atoms with van der Waals surface area (Å²) in [5.74, 6) is 1.79. The molecular formula is C16H21N3OS. The van der Waals surface area contributed by atoms with E-state index in [0.717, 1.165) is 54.5 Å². The van der Waals surface area contributed by atoms with Crippen molar-refractivity contribution >= 4 is 17.2 Å².